The molecule has 0 bridgehead atoms. The number of hydrogen-bond donors (Lipinski definition) is 1. The van der Waals surface area contributed by atoms with Gasteiger partial charge in [-0.25, -0.2) is 8.42 Å². The smallest absolute Gasteiger partial charge is 0.264 e. The summed E-state index contributed by atoms with van der Waals surface area (Å²) in [6, 6.07) is 11.9. The first-order valence-corrected chi connectivity index (χ1v) is 13.4. The zero-order chi connectivity index (χ0) is 24.7. The Morgan fingerprint density at radius 3 is 2.38 bits per heavy atom. The molecule has 3 rings (SSSR count). The summed E-state index contributed by atoms with van der Waals surface area (Å²) in [6.45, 7) is 9.39. The minimum atomic E-state index is -3.98. The first-order valence-electron chi connectivity index (χ1n) is 11.9. The van der Waals surface area contributed by atoms with E-state index in [1.807, 2.05) is 19.9 Å². The summed E-state index contributed by atoms with van der Waals surface area (Å²) in [5, 5.41) is 2.90. The monoisotopic (exact) mass is 487 g/mol. The number of amides is 1. The number of likely N-dealkylation sites (tertiary alicyclic amines) is 1. The molecule has 0 saturated carbocycles. The lowest BCUT2D eigenvalue weighted by molar-refractivity contribution is -0.119. The summed E-state index contributed by atoms with van der Waals surface area (Å²) >= 11 is 0. The van der Waals surface area contributed by atoms with E-state index in [0.29, 0.717) is 18.0 Å². The third-order valence-corrected chi connectivity index (χ3v) is 8.12. The third-order valence-electron chi connectivity index (χ3n) is 6.35. The van der Waals surface area contributed by atoms with Gasteiger partial charge in [0.15, 0.2) is 0 Å². The zero-order valence-corrected chi connectivity index (χ0v) is 21.5. The summed E-state index contributed by atoms with van der Waals surface area (Å²) in [7, 11) is -2.49. The predicted molar refractivity (Wildman–Crippen MR) is 136 cm³/mol. The van der Waals surface area contributed by atoms with Crippen molar-refractivity contribution in [2.45, 2.75) is 44.9 Å². The minimum Gasteiger partial charge on any atom is -0.495 e. The van der Waals surface area contributed by atoms with Gasteiger partial charge >= 0.3 is 0 Å². The molecule has 1 aliphatic heterocycles. The molecule has 7 nitrogen and oxygen atoms in total. The van der Waals surface area contributed by atoms with Crippen molar-refractivity contribution >= 4 is 21.6 Å². The molecule has 0 radical (unpaired) electrons. The maximum absolute atomic E-state index is 13.6. The summed E-state index contributed by atoms with van der Waals surface area (Å²) in [4.78, 5) is 15.4. The highest BCUT2D eigenvalue weighted by Crippen LogP contribution is 2.33. The summed E-state index contributed by atoms with van der Waals surface area (Å²) < 4.78 is 33.8. The summed E-state index contributed by atoms with van der Waals surface area (Å²) in [6.07, 6.45) is 3.27. The number of carbonyl (C=O) groups is 1. The van der Waals surface area contributed by atoms with E-state index in [4.69, 9.17) is 4.74 Å². The van der Waals surface area contributed by atoms with Gasteiger partial charge in [-0.3, -0.25) is 9.10 Å². The van der Waals surface area contributed by atoms with Crippen LogP contribution in [0.4, 0.5) is 5.69 Å². The van der Waals surface area contributed by atoms with Gasteiger partial charge < -0.3 is 15.0 Å². The van der Waals surface area contributed by atoms with Crippen LogP contribution in [0.1, 0.15) is 37.3 Å². The van der Waals surface area contributed by atoms with Crippen LogP contribution in [0.3, 0.4) is 0 Å². The second-order valence-electron chi connectivity index (χ2n) is 9.23. The van der Waals surface area contributed by atoms with Crippen LogP contribution in [0.25, 0.3) is 0 Å². The topological polar surface area (TPSA) is 79.0 Å². The highest BCUT2D eigenvalue weighted by atomic mass is 32.2. The molecule has 0 atom stereocenters. The Bertz CT molecular complexity index is 1060. The molecule has 1 aliphatic rings. The lowest BCUT2D eigenvalue weighted by atomic mass is 9.99. The van der Waals surface area contributed by atoms with Gasteiger partial charge in [-0.1, -0.05) is 30.7 Å². The molecular weight excluding hydrogens is 450 g/mol. The van der Waals surface area contributed by atoms with Gasteiger partial charge in [-0.05, 0) is 88.5 Å². The average molecular weight is 488 g/mol. The molecule has 0 spiro atoms. The molecule has 1 saturated heterocycles. The number of aryl methyl sites for hydroxylation is 2. The number of methoxy groups -OCH3 is 1. The van der Waals surface area contributed by atoms with Crippen molar-refractivity contribution in [3.63, 3.8) is 0 Å². The summed E-state index contributed by atoms with van der Waals surface area (Å²) in [5.41, 5.74) is 2.18. The van der Waals surface area contributed by atoms with Crippen molar-refractivity contribution in [1.82, 2.24) is 10.2 Å². The zero-order valence-electron chi connectivity index (χ0n) is 20.7. The van der Waals surface area contributed by atoms with Crippen LogP contribution in [-0.4, -0.2) is 59.1 Å². The van der Waals surface area contributed by atoms with Gasteiger partial charge in [0.25, 0.3) is 10.0 Å². The fourth-order valence-electron chi connectivity index (χ4n) is 4.13. The van der Waals surface area contributed by atoms with Crippen molar-refractivity contribution in [2.24, 2.45) is 5.92 Å². The molecular formula is C26H37N3O4S. The number of benzene rings is 2. The Morgan fingerprint density at radius 1 is 1.09 bits per heavy atom. The maximum Gasteiger partial charge on any atom is 0.264 e. The Hall–Kier alpha value is -2.58. The number of sulfonamides is 1. The molecule has 0 aromatic heterocycles. The van der Waals surface area contributed by atoms with Crippen molar-refractivity contribution in [1.29, 1.82) is 0 Å². The van der Waals surface area contributed by atoms with Crippen molar-refractivity contribution in [3.8, 4) is 5.75 Å². The number of rotatable bonds is 10. The fraction of sp³-hybridized carbons (Fsp3) is 0.500. The number of hydrogen-bond acceptors (Lipinski definition) is 5. The molecule has 34 heavy (non-hydrogen) atoms. The molecule has 1 amide bonds. The van der Waals surface area contributed by atoms with E-state index in [1.165, 1.54) is 20.0 Å². The number of anilines is 1. The lowest BCUT2D eigenvalue weighted by Gasteiger charge is -2.30. The first kappa shape index (κ1) is 26.0. The molecule has 0 unspecified atom stereocenters. The predicted octanol–water partition coefficient (Wildman–Crippen LogP) is 3.75. The van der Waals surface area contributed by atoms with Crippen LogP contribution in [0.5, 0.6) is 5.75 Å². The highest BCUT2D eigenvalue weighted by molar-refractivity contribution is 7.92. The molecule has 2 aromatic rings. The lowest BCUT2D eigenvalue weighted by Crippen LogP contribution is -2.42. The van der Waals surface area contributed by atoms with Gasteiger partial charge in [-0.2, -0.15) is 0 Å². The largest absolute Gasteiger partial charge is 0.495 e. The molecule has 0 aliphatic carbocycles. The quantitative estimate of drug-likeness (QED) is 0.517. The van der Waals surface area contributed by atoms with Crippen molar-refractivity contribution in [2.75, 3.05) is 44.1 Å². The average Bonchev–Trinajstić information content (AvgIpc) is 2.81. The van der Waals surface area contributed by atoms with Gasteiger partial charge in [0.1, 0.15) is 12.3 Å². The number of nitrogens with one attached hydrogen (secondary N) is 1. The van der Waals surface area contributed by atoms with E-state index in [1.54, 1.807) is 36.4 Å². The van der Waals surface area contributed by atoms with E-state index in [0.717, 1.165) is 47.4 Å². The van der Waals surface area contributed by atoms with Crippen molar-refractivity contribution < 1.29 is 17.9 Å². The second-order valence-corrected chi connectivity index (χ2v) is 11.1. The maximum atomic E-state index is 13.6. The van der Waals surface area contributed by atoms with Gasteiger partial charge in [0.2, 0.25) is 5.91 Å². The van der Waals surface area contributed by atoms with Crippen LogP contribution in [0.2, 0.25) is 0 Å². The molecule has 1 fully saturated rings. The molecule has 1 heterocycles. The van der Waals surface area contributed by atoms with Crippen LogP contribution >= 0.6 is 0 Å². The number of ether oxygens (including phenoxy) is 1. The third kappa shape index (κ3) is 6.73. The SMILES string of the molecule is COc1ccc(C)cc1N(CC(=O)NCCCN1CCC(C)CC1)S(=O)(=O)c1ccc(C)cc1. The standard InChI is InChI=1S/C26H37N3O4S/c1-20-6-9-23(10-7-20)34(31,32)29(24-18-22(3)8-11-25(24)33-4)19-26(30)27-14-5-15-28-16-12-21(2)13-17-28/h6-11,18,21H,5,12-17,19H2,1-4H3,(H,27,30). The van der Waals surface area contributed by atoms with Gasteiger partial charge in [0, 0.05) is 6.54 Å². The Kier molecular flexibility index (Phi) is 8.97. The van der Waals surface area contributed by atoms with Crippen LogP contribution in [0.15, 0.2) is 47.4 Å². The second kappa shape index (κ2) is 11.7. The Morgan fingerprint density at radius 2 is 1.74 bits per heavy atom. The number of carbonyl (C=O) groups excluding carboxylic acids is 1. The van der Waals surface area contributed by atoms with E-state index < -0.39 is 10.0 Å². The summed E-state index contributed by atoms with van der Waals surface area (Å²) in [5.74, 6) is 0.843. The van der Waals surface area contributed by atoms with Crippen LogP contribution in [0, 0.1) is 19.8 Å². The first-order chi connectivity index (χ1) is 16.2. The Labute approximate surface area is 204 Å². The van der Waals surface area contributed by atoms with Gasteiger partial charge in [0.05, 0.1) is 17.7 Å². The fourth-order valence-corrected chi connectivity index (χ4v) is 5.56. The highest BCUT2D eigenvalue weighted by Gasteiger charge is 2.29. The number of nitrogens with zero attached hydrogens (tertiary/aromatic N) is 2. The molecule has 186 valence electrons. The molecule has 2 aromatic carbocycles. The van der Waals surface area contributed by atoms with E-state index in [9.17, 15) is 13.2 Å². The minimum absolute atomic E-state index is 0.133. The van der Waals surface area contributed by atoms with E-state index in [-0.39, 0.29) is 17.3 Å². The molecule has 8 heteroatoms. The molecule has 1 N–H and O–H groups in total. The van der Waals surface area contributed by atoms with E-state index in [2.05, 4.69) is 17.1 Å². The van der Waals surface area contributed by atoms with Gasteiger partial charge in [-0.15, -0.1) is 0 Å². The Balaban J connectivity index is 1.73. The normalized spacial score (nSPS) is 15.2. The van der Waals surface area contributed by atoms with Crippen LogP contribution < -0.4 is 14.4 Å². The van der Waals surface area contributed by atoms with Crippen LogP contribution in [-0.2, 0) is 14.8 Å². The number of piperidine rings is 1. The van der Waals surface area contributed by atoms with E-state index >= 15 is 0 Å². The van der Waals surface area contributed by atoms with Crippen molar-refractivity contribution in [3.05, 3.63) is 53.6 Å².